The van der Waals surface area contributed by atoms with Crippen molar-refractivity contribution in [3.8, 4) is 28.6 Å². The third-order valence-corrected chi connectivity index (χ3v) is 8.80. The van der Waals surface area contributed by atoms with E-state index in [4.69, 9.17) is 4.42 Å². The summed E-state index contributed by atoms with van der Waals surface area (Å²) in [5, 5.41) is 32.3. The molecule has 3 aromatic heterocycles. The Kier molecular flexibility index (Phi) is 14.1. The fourth-order valence-corrected chi connectivity index (χ4v) is 6.18. The summed E-state index contributed by atoms with van der Waals surface area (Å²) >= 11 is 0. The monoisotopic (exact) mass is 952 g/mol. The van der Waals surface area contributed by atoms with Gasteiger partial charge in [0, 0.05) is 20.1 Å². The molecular formula is C49H41IrN7O2-2. The zero-order valence-corrected chi connectivity index (χ0v) is 35.4. The van der Waals surface area contributed by atoms with Crippen molar-refractivity contribution in [2.24, 2.45) is 0 Å². The van der Waals surface area contributed by atoms with Gasteiger partial charge >= 0.3 is 0 Å². The Morgan fingerprint density at radius 2 is 0.847 bits per heavy atom. The first-order valence-electron chi connectivity index (χ1n) is 19.3. The van der Waals surface area contributed by atoms with E-state index in [0.717, 1.165) is 66.1 Å². The number of fused-ring (bicyclic) bond motifs is 5. The molecule has 0 aliphatic heterocycles. The van der Waals surface area contributed by atoms with Gasteiger partial charge in [0.05, 0.1) is 5.56 Å². The number of rotatable bonds is 3. The molecule has 9 nitrogen and oxygen atoms in total. The number of phenols is 1. The molecule has 0 atom stereocenters. The molecule has 295 valence electrons. The van der Waals surface area contributed by atoms with Crippen LogP contribution in [0.2, 0.25) is 0 Å². The molecule has 0 fully saturated rings. The Balaban J connectivity index is 0.000000142. The van der Waals surface area contributed by atoms with Crippen LogP contribution in [0.25, 0.3) is 77.5 Å². The van der Waals surface area contributed by atoms with Crippen molar-refractivity contribution in [1.82, 2.24) is 35.0 Å². The fraction of sp³-hybridized carbons (Fsp3) is 0.0816. The van der Waals surface area contributed by atoms with Crippen LogP contribution in [0.5, 0.6) is 5.75 Å². The number of aromatic hydroxyl groups is 1. The number of hydrogen-bond donors (Lipinski definition) is 1. The summed E-state index contributed by atoms with van der Waals surface area (Å²) in [5.74, 6) is 0.619. The topological polar surface area (TPSA) is 108 Å². The summed E-state index contributed by atoms with van der Waals surface area (Å²) < 4.78 is 5.56. The normalized spacial score (nSPS) is 10.3. The van der Waals surface area contributed by atoms with Crippen LogP contribution in [-0.4, -0.2) is 40.1 Å². The minimum atomic E-state index is 0. The summed E-state index contributed by atoms with van der Waals surface area (Å²) in [5.41, 5.74) is 7.46. The van der Waals surface area contributed by atoms with E-state index in [1.807, 2.05) is 155 Å². The van der Waals surface area contributed by atoms with E-state index in [-0.39, 0.29) is 25.9 Å². The van der Waals surface area contributed by atoms with E-state index in [1.54, 1.807) is 27.8 Å². The molecule has 0 saturated heterocycles. The van der Waals surface area contributed by atoms with E-state index < -0.39 is 0 Å². The van der Waals surface area contributed by atoms with Gasteiger partial charge in [0.2, 0.25) is 5.89 Å². The number of hydrogen-bond acceptors (Lipinski definition) is 7. The molecule has 8 aromatic carbocycles. The zero-order valence-electron chi connectivity index (χ0n) is 33.0. The van der Waals surface area contributed by atoms with Crippen LogP contribution in [-0.2, 0) is 20.1 Å². The second-order valence-corrected chi connectivity index (χ2v) is 12.3. The van der Waals surface area contributed by atoms with Gasteiger partial charge in [0.15, 0.2) is 5.58 Å². The predicted molar refractivity (Wildman–Crippen MR) is 234 cm³/mol. The quantitative estimate of drug-likeness (QED) is 0.176. The van der Waals surface area contributed by atoms with E-state index >= 15 is 0 Å². The Labute approximate surface area is 355 Å². The fourth-order valence-electron chi connectivity index (χ4n) is 6.18. The third kappa shape index (κ3) is 9.26. The van der Waals surface area contributed by atoms with Crippen LogP contribution in [0.15, 0.2) is 174 Å². The van der Waals surface area contributed by atoms with Gasteiger partial charge in [-0.2, -0.15) is 66.4 Å². The Morgan fingerprint density at radius 3 is 1.31 bits per heavy atom. The molecule has 0 aliphatic carbocycles. The van der Waals surface area contributed by atoms with Crippen molar-refractivity contribution in [2.75, 3.05) is 0 Å². The number of nitrogens with zero attached hydrogens (tertiary/aromatic N) is 7. The van der Waals surface area contributed by atoms with Crippen molar-refractivity contribution in [3.63, 3.8) is 0 Å². The summed E-state index contributed by atoms with van der Waals surface area (Å²) in [4.78, 5) is 7.64. The number of benzene rings is 8. The molecule has 0 saturated carbocycles. The van der Waals surface area contributed by atoms with Crippen LogP contribution in [0.4, 0.5) is 0 Å². The summed E-state index contributed by atoms with van der Waals surface area (Å²) in [7, 11) is 0. The third-order valence-electron chi connectivity index (χ3n) is 8.80. The largest absolute Gasteiger partial charge is 0.507 e. The van der Waals surface area contributed by atoms with Crippen LogP contribution < -0.4 is 0 Å². The van der Waals surface area contributed by atoms with Gasteiger partial charge in [-0.3, -0.25) is 0 Å². The number of para-hydroxylation sites is 3. The SMILES string of the molecule is CC.CC.Oc1ccccc1-c1nc2ccccc2o1.[Ir].[c-]1ccc2ccccc2c1-n1nc2ccccc2n1.[c-]1ccc2ccccc2c1-n1nc2ccccc2n1. The van der Waals surface area contributed by atoms with Crippen molar-refractivity contribution in [1.29, 1.82) is 0 Å². The first kappa shape index (κ1) is 41.6. The van der Waals surface area contributed by atoms with Crippen molar-refractivity contribution in [2.45, 2.75) is 27.7 Å². The van der Waals surface area contributed by atoms with Gasteiger partial charge in [-0.25, -0.2) is 4.98 Å². The second kappa shape index (κ2) is 19.9. The van der Waals surface area contributed by atoms with Gasteiger partial charge in [-0.1, -0.05) is 113 Å². The molecule has 11 rings (SSSR count). The maximum Gasteiger partial charge on any atom is 0.231 e. The summed E-state index contributed by atoms with van der Waals surface area (Å²) in [6.45, 7) is 8.00. The molecule has 0 aliphatic rings. The smallest absolute Gasteiger partial charge is 0.231 e. The Hall–Kier alpha value is -7.00. The van der Waals surface area contributed by atoms with Crippen molar-refractivity contribution in [3.05, 3.63) is 182 Å². The van der Waals surface area contributed by atoms with Gasteiger partial charge in [0.25, 0.3) is 0 Å². The molecule has 3 heterocycles. The molecule has 1 radical (unpaired) electrons. The second-order valence-electron chi connectivity index (χ2n) is 12.3. The molecule has 0 amide bonds. The first-order valence-corrected chi connectivity index (χ1v) is 19.3. The van der Waals surface area contributed by atoms with Crippen LogP contribution in [0, 0.1) is 12.1 Å². The van der Waals surface area contributed by atoms with Crippen LogP contribution >= 0.6 is 0 Å². The van der Waals surface area contributed by atoms with Crippen LogP contribution in [0.1, 0.15) is 27.7 Å². The molecule has 10 heteroatoms. The summed E-state index contributed by atoms with van der Waals surface area (Å²) in [6.07, 6.45) is 0. The van der Waals surface area contributed by atoms with Gasteiger partial charge in [-0.05, 0) is 59.9 Å². The van der Waals surface area contributed by atoms with E-state index in [2.05, 4.69) is 61.8 Å². The molecule has 11 aromatic rings. The van der Waals surface area contributed by atoms with Gasteiger partial charge in [-0.15, -0.1) is 33.7 Å². The van der Waals surface area contributed by atoms with Crippen molar-refractivity contribution >= 4 is 54.7 Å². The minimum absolute atomic E-state index is 0. The Bertz CT molecular complexity index is 2800. The van der Waals surface area contributed by atoms with Gasteiger partial charge in [0.1, 0.15) is 33.3 Å². The minimum Gasteiger partial charge on any atom is -0.507 e. The van der Waals surface area contributed by atoms with Crippen LogP contribution in [0.3, 0.4) is 0 Å². The maximum atomic E-state index is 9.69. The molecule has 0 bridgehead atoms. The van der Waals surface area contributed by atoms with Crippen molar-refractivity contribution < 1.29 is 29.6 Å². The van der Waals surface area contributed by atoms with E-state index in [9.17, 15) is 5.11 Å². The molecule has 0 spiro atoms. The van der Waals surface area contributed by atoms with E-state index in [0.29, 0.717) is 11.5 Å². The predicted octanol–water partition coefficient (Wildman–Crippen LogP) is 12.0. The molecule has 0 unspecified atom stereocenters. The zero-order chi connectivity index (χ0) is 40.3. The molecular weight excluding hydrogens is 911 g/mol. The average molecular weight is 952 g/mol. The average Bonchev–Trinajstić information content (AvgIpc) is 4.05. The molecule has 59 heavy (non-hydrogen) atoms. The number of aromatic nitrogens is 7. The van der Waals surface area contributed by atoms with Gasteiger partial charge < -0.3 is 9.52 Å². The molecule has 1 N–H and O–H groups in total. The van der Waals surface area contributed by atoms with E-state index in [1.165, 1.54) is 0 Å². The number of phenolic OH excluding ortho intramolecular Hbond substituents is 1. The maximum absolute atomic E-state index is 9.69. The Morgan fingerprint density at radius 1 is 0.458 bits per heavy atom. The summed E-state index contributed by atoms with van der Waals surface area (Å²) in [6, 6.07) is 61.0. The standard InChI is InChI=1S/2C16H10N3.C13H9NO2.2C2H6.Ir/c2*1-2-8-13-12(6-1)7-5-11-16(13)19-17-14-9-3-4-10-15(14)18-19;15-11-7-3-1-5-9(11)13-14-10-6-2-4-8-12(10)16-13;2*1-2;/h2*1-10H;1-8,15H;2*1-2H3;/q2*-1;;;;. The number of oxazole rings is 1. The first-order chi connectivity index (χ1) is 28.7.